The third-order valence-corrected chi connectivity index (χ3v) is 35.5. The third kappa shape index (κ3) is 39.5. The third-order valence-electron chi connectivity index (χ3n) is 19.3. The zero-order chi connectivity index (χ0) is 89.3. The van der Waals surface area contributed by atoms with Gasteiger partial charge in [-0.1, -0.05) is 174 Å². The Morgan fingerprint density at radius 2 is 0.492 bits per heavy atom. The van der Waals surface area contributed by atoms with Gasteiger partial charge in [0.15, 0.2) is 0 Å². The summed E-state index contributed by atoms with van der Waals surface area (Å²) in [6.07, 6.45) is 8.05. The van der Waals surface area contributed by atoms with E-state index in [1.807, 2.05) is 97.1 Å². The molecule has 0 saturated heterocycles. The number of hydrogen-bond donors (Lipinski definition) is 2. The summed E-state index contributed by atoms with van der Waals surface area (Å²) in [5, 5.41) is 0. The molecule has 665 valence electrons. The van der Waals surface area contributed by atoms with E-state index in [4.69, 9.17) is 38.9 Å². The number of hydrogen-bond acceptors (Lipinski definition) is 13. The summed E-state index contributed by atoms with van der Waals surface area (Å²) in [5.41, 5.74) is 17.4. The molecule has 0 aliphatic carbocycles. The monoisotopic (exact) mass is 1870 g/mol. The predicted molar refractivity (Wildman–Crippen MR) is 544 cm³/mol. The minimum absolute atomic E-state index is 0. The van der Waals surface area contributed by atoms with Crippen molar-refractivity contribution in [3.8, 4) is 40.2 Å². The van der Waals surface area contributed by atoms with Crippen LogP contribution in [-0.4, -0.2) is 72.3 Å². The number of halogens is 1. The molecule has 11 rings (SSSR count). The molecule has 0 aliphatic heterocycles. The average molecular weight is 1870 g/mol. The molecule has 11 aromatic carbocycles. The molecule has 16 heteroatoms. The van der Waals surface area contributed by atoms with E-state index in [0.717, 1.165) is 129 Å². The van der Waals surface area contributed by atoms with Gasteiger partial charge >= 0.3 is 260 Å². The summed E-state index contributed by atoms with van der Waals surface area (Å²) in [4.78, 5) is 6.83. The standard InChI is InChI=1S/C26H30BrNO2.C26H31NO2.C26H30NO2.C11H16O.C6H7N.3C4H9.CH4.BHNS.Sn/c1-19(2)17-29-25-13-9-23(10-14-25)28(22-7-5-21(27)6-8-22)24-11-15-26(16-12-24)30-18-20(3)4;2*1-20(2)18-28-25-14-10-23(11-15-25)27(22-8-6-5-7-9-22)24-12-16-26(17-13-24)29-19-21(3)4;1-9(2)8-12-11-6-4-10(3)5-7-11;7-6-4-2-1-3-5-6;3*1-3-4-2;;1-2-3;/h5-16,19-20H,17-18H2,1-4H3;5-17,20-21H,18-19H2,1-4H3;6-17,20-21H,18-19H2,1-4H3;4-7,9H,8H2,1-3H3;1-5H,7H2;3*1,3-4H2,2H3;1H4;3H;. The van der Waals surface area contributed by atoms with Gasteiger partial charge in [0, 0.05) is 44.3 Å². The Labute approximate surface area is 768 Å². The Kier molecular flexibility index (Phi) is 49.9. The van der Waals surface area contributed by atoms with Crippen molar-refractivity contribution in [2.24, 2.45) is 45.7 Å². The number of benzene rings is 11. The SMILES string of the molecule is C.CC(C)COc1ccc(N(c2ccc(Br)cc2)c2ccc(OCC(C)C)cc2)cc1.CC(C)COc1ccc(N(c2ccccc2)c2ccc(OCC(C)C)cc2)cc1.CCC[CH2][Sn]([CH2]CCC)([CH2]CCC)[c]1ccc(N(c2ccc(OCC(C)C)cc2)c2ccc(OCC(C)C)cc2)cc1.Cc1ccc(OCC(C)C)cc1.Nc1ccccc1.[B]=NS. The molecule has 0 aromatic heterocycles. The number of nitrogen functional groups attached to an aromatic ring is 1. The van der Waals surface area contributed by atoms with E-state index in [0.29, 0.717) is 54.6 Å². The van der Waals surface area contributed by atoms with Crippen molar-refractivity contribution in [3.63, 3.8) is 0 Å². The molecule has 0 unspecified atom stereocenters. The molecule has 1 radical (unpaired) electrons. The second-order valence-electron chi connectivity index (χ2n) is 34.2. The molecule has 2 N–H and O–H groups in total. The van der Waals surface area contributed by atoms with Gasteiger partial charge in [0.05, 0.1) is 33.0 Å². The van der Waals surface area contributed by atoms with Gasteiger partial charge in [-0.25, -0.2) is 0 Å². The Balaban J connectivity index is 0.000000296. The van der Waals surface area contributed by atoms with E-state index in [1.54, 1.807) is 3.58 Å². The maximum absolute atomic E-state index is 6.00. The first-order valence-electron chi connectivity index (χ1n) is 44.5. The van der Waals surface area contributed by atoms with Crippen LogP contribution >= 0.6 is 28.7 Å². The number of nitrogens with two attached hydrogens (primary N) is 1. The summed E-state index contributed by atoms with van der Waals surface area (Å²) in [6.45, 7) is 44.5. The van der Waals surface area contributed by atoms with Crippen LogP contribution < -0.4 is 57.2 Å². The number of para-hydroxylation sites is 2. The fourth-order valence-corrected chi connectivity index (χ4v) is 29.1. The molecule has 0 saturated carbocycles. The van der Waals surface area contributed by atoms with Gasteiger partial charge in [-0.2, -0.15) is 0 Å². The second kappa shape index (κ2) is 58.8. The zero-order valence-electron chi connectivity index (χ0n) is 77.0. The summed E-state index contributed by atoms with van der Waals surface area (Å²) in [6, 6.07) is 96.3. The van der Waals surface area contributed by atoms with Gasteiger partial charge < -0.3 is 39.2 Å². The number of ether oxygens (including phenoxy) is 7. The van der Waals surface area contributed by atoms with Crippen LogP contribution in [0.25, 0.3) is 0 Å². The molecular weight excluding hydrogens is 1720 g/mol. The van der Waals surface area contributed by atoms with Crippen molar-refractivity contribution in [1.29, 1.82) is 0 Å². The van der Waals surface area contributed by atoms with E-state index in [2.05, 4.69) is 362 Å². The number of anilines is 10. The van der Waals surface area contributed by atoms with Crippen molar-refractivity contribution < 1.29 is 33.2 Å². The fraction of sp³-hybridized carbons (Fsp3) is 0.389. The van der Waals surface area contributed by atoms with Crippen molar-refractivity contribution in [2.75, 3.05) is 66.7 Å². The molecule has 0 bridgehead atoms. The van der Waals surface area contributed by atoms with Crippen LogP contribution in [0.5, 0.6) is 40.2 Å². The summed E-state index contributed by atoms with van der Waals surface area (Å²) in [5.74, 6) is 9.98. The Bertz CT molecular complexity index is 4380. The average Bonchev–Trinajstić information content (AvgIpc) is 0.819. The number of unbranched alkanes of at least 4 members (excludes halogenated alkanes) is 3. The normalized spacial score (nSPS) is 10.8. The first-order chi connectivity index (χ1) is 59.2. The van der Waals surface area contributed by atoms with Gasteiger partial charge in [0.1, 0.15) is 28.7 Å². The minimum atomic E-state index is -2.49. The topological polar surface area (TPSA) is 113 Å². The van der Waals surface area contributed by atoms with Crippen molar-refractivity contribution in [2.45, 2.75) is 184 Å². The molecule has 0 spiro atoms. The molecule has 0 amide bonds. The summed E-state index contributed by atoms with van der Waals surface area (Å²) >= 11 is 4.23. The van der Waals surface area contributed by atoms with Gasteiger partial charge in [-0.05, 0) is 194 Å². The first-order valence-corrected chi connectivity index (χ1v) is 53.2. The summed E-state index contributed by atoms with van der Waals surface area (Å²) < 4.78 is 50.8. The van der Waals surface area contributed by atoms with Gasteiger partial charge in [0.25, 0.3) is 0 Å². The second-order valence-corrected chi connectivity index (χ2v) is 48.6. The molecule has 124 heavy (non-hydrogen) atoms. The quantitative estimate of drug-likeness (QED) is 0.0217. The number of rotatable bonds is 40. The molecule has 0 atom stereocenters. The summed E-state index contributed by atoms with van der Waals surface area (Å²) in [7, 11) is 4.34. The van der Waals surface area contributed by atoms with Crippen LogP contribution in [0, 0.1) is 48.3 Å². The van der Waals surface area contributed by atoms with Crippen LogP contribution in [-0.2, 0) is 0 Å². The van der Waals surface area contributed by atoms with Gasteiger partial charge in [0.2, 0.25) is 0 Å². The number of thiol groups is 1. The first kappa shape index (κ1) is 105. The fourth-order valence-electron chi connectivity index (χ4n) is 12.9. The van der Waals surface area contributed by atoms with Crippen LogP contribution in [0.1, 0.15) is 169 Å². The molecular formula is C108H146BBrN5O7SSn. The maximum atomic E-state index is 6.00. The predicted octanol–water partition coefficient (Wildman–Crippen LogP) is 31.6. The van der Waals surface area contributed by atoms with Crippen LogP contribution in [0.4, 0.5) is 56.9 Å². The number of nitrogens with zero attached hydrogens (tertiary/aromatic N) is 4. The van der Waals surface area contributed by atoms with E-state index in [9.17, 15) is 0 Å². The van der Waals surface area contributed by atoms with Crippen LogP contribution in [0.15, 0.2) is 288 Å². The Hall–Kier alpha value is -9.29. The van der Waals surface area contributed by atoms with Crippen LogP contribution in [0.2, 0.25) is 13.3 Å². The van der Waals surface area contributed by atoms with Crippen molar-refractivity contribution in [1.82, 2.24) is 0 Å². The zero-order valence-corrected chi connectivity index (χ0v) is 82.4. The Morgan fingerprint density at radius 3 is 0.685 bits per heavy atom. The molecule has 0 aliphatic rings. The van der Waals surface area contributed by atoms with Crippen molar-refractivity contribution >= 4 is 115 Å². The van der Waals surface area contributed by atoms with E-state index < -0.39 is 18.4 Å². The molecule has 12 nitrogen and oxygen atoms in total. The molecule has 0 heterocycles. The number of aryl methyl sites for hydroxylation is 1. The molecule has 0 fully saturated rings. The molecule has 11 aromatic rings. The van der Waals surface area contributed by atoms with E-state index in [-0.39, 0.29) is 7.43 Å². The Morgan fingerprint density at radius 1 is 0.306 bits per heavy atom. The van der Waals surface area contributed by atoms with E-state index >= 15 is 0 Å². The van der Waals surface area contributed by atoms with Crippen molar-refractivity contribution in [3.05, 3.63) is 289 Å². The van der Waals surface area contributed by atoms with Crippen LogP contribution in [0.3, 0.4) is 0 Å². The van der Waals surface area contributed by atoms with Gasteiger partial charge in [-0.15, -0.1) is 0 Å². The van der Waals surface area contributed by atoms with E-state index in [1.165, 1.54) is 63.1 Å². The van der Waals surface area contributed by atoms with Gasteiger partial charge in [-0.3, -0.25) is 0 Å².